The molecule has 12 bridgehead atoms. The highest BCUT2D eigenvalue weighted by Crippen LogP contribution is 2.75. The van der Waals surface area contributed by atoms with Crippen LogP contribution in [-0.4, -0.2) is 42.4 Å². The van der Waals surface area contributed by atoms with Gasteiger partial charge < -0.3 is 9.47 Å². The topological polar surface area (TPSA) is 107 Å². The quantitative estimate of drug-likeness (QED) is 0.378. The summed E-state index contributed by atoms with van der Waals surface area (Å²) in [4.78, 5) is 26.1. The number of ether oxygens (including phenoxy) is 2. The molecule has 11 aliphatic carbocycles. The maximum atomic E-state index is 14.1. The molecule has 0 aromatic rings. The minimum absolute atomic E-state index is 0.0439. The van der Waals surface area contributed by atoms with Gasteiger partial charge in [-0.3, -0.25) is 9.35 Å². The van der Waals surface area contributed by atoms with Crippen molar-refractivity contribution in [2.45, 2.75) is 87.9 Å². The fraction of sp³-hybridized carbons (Fsp3) is 0.929. The first-order chi connectivity index (χ1) is 17.8. The smallest absolute Gasteiger partial charge is 0.460 e. The first-order valence-electron chi connectivity index (χ1n) is 14.6. The van der Waals surface area contributed by atoms with E-state index in [9.17, 15) is 26.8 Å². The number of halogens is 2. The zero-order valence-electron chi connectivity index (χ0n) is 21.4. The Balaban J connectivity index is 1.01. The summed E-state index contributed by atoms with van der Waals surface area (Å²) in [6.07, 6.45) is 11.3. The SMILES string of the molecule is O=C(OC12CC3CC(CC(COC(=O)C(F)(F)S(=O)(=O)O)(C3)C1)C2)C12CC3C4CC5CC3C(C1)C(C5)C4C2. The molecule has 1 N–H and O–H groups in total. The van der Waals surface area contributed by atoms with Crippen LogP contribution in [0.3, 0.4) is 0 Å². The van der Waals surface area contributed by atoms with Crippen LogP contribution >= 0.6 is 0 Å². The number of alkyl halides is 2. The standard InChI is InChI=1S/C28H36F2O7S/c29-28(30,38(33,34)35)24(32)36-13-25-5-15-1-16(6-25)8-27(7-15,12-25)37-23(31)26-9-20-17-2-14-3-18(20)22(11-26)19(4-14)21(17)10-26/h14-22H,1-13H2,(H,33,34,35). The lowest BCUT2D eigenvalue weighted by Crippen LogP contribution is -2.67. The zero-order valence-corrected chi connectivity index (χ0v) is 22.3. The van der Waals surface area contributed by atoms with E-state index in [2.05, 4.69) is 0 Å². The van der Waals surface area contributed by atoms with Crippen LogP contribution in [0.1, 0.15) is 77.0 Å². The van der Waals surface area contributed by atoms with Crippen molar-refractivity contribution in [3.05, 3.63) is 0 Å². The fourth-order valence-electron chi connectivity index (χ4n) is 12.5. The Kier molecular flexibility index (Phi) is 4.71. The number of esters is 2. The van der Waals surface area contributed by atoms with Crippen LogP contribution in [-0.2, 0) is 29.2 Å². The second kappa shape index (κ2) is 7.31. The number of rotatable bonds is 6. The normalized spacial score (nSPS) is 53.0. The van der Waals surface area contributed by atoms with E-state index in [0.29, 0.717) is 37.0 Å². The van der Waals surface area contributed by atoms with Crippen molar-refractivity contribution in [1.29, 1.82) is 0 Å². The molecule has 0 radical (unpaired) electrons. The van der Waals surface area contributed by atoms with Gasteiger partial charge in [0.25, 0.3) is 0 Å². The summed E-state index contributed by atoms with van der Waals surface area (Å²) in [5.41, 5.74) is -1.66. The molecule has 2 unspecified atom stereocenters. The average Bonchev–Trinajstić information content (AvgIpc) is 2.83. The van der Waals surface area contributed by atoms with Crippen molar-refractivity contribution in [3.8, 4) is 0 Å². The van der Waals surface area contributed by atoms with Crippen molar-refractivity contribution < 1.29 is 40.8 Å². The first-order valence-corrected chi connectivity index (χ1v) is 16.0. The van der Waals surface area contributed by atoms with Gasteiger partial charge in [-0.05, 0) is 130 Å². The molecule has 7 nitrogen and oxygen atoms in total. The minimum atomic E-state index is -5.91. The zero-order chi connectivity index (χ0) is 26.5. The Hall–Kier alpha value is -1.29. The van der Waals surface area contributed by atoms with E-state index >= 15 is 0 Å². The summed E-state index contributed by atoms with van der Waals surface area (Å²) in [5.74, 6) is 3.52. The lowest BCUT2D eigenvalue weighted by atomic mass is 9.33. The molecular weight excluding hydrogens is 518 g/mol. The first kappa shape index (κ1) is 24.5. The Bertz CT molecular complexity index is 1140. The van der Waals surface area contributed by atoms with Gasteiger partial charge in [0.15, 0.2) is 0 Å². The Morgan fingerprint density at radius 3 is 1.82 bits per heavy atom. The van der Waals surface area contributed by atoms with Gasteiger partial charge in [-0.1, -0.05) is 0 Å². The highest BCUT2D eigenvalue weighted by molar-refractivity contribution is 7.87. The molecule has 10 heteroatoms. The number of carbonyl (C=O) groups excluding carboxylic acids is 2. The van der Waals surface area contributed by atoms with Gasteiger partial charge in [0, 0.05) is 5.41 Å². The van der Waals surface area contributed by atoms with Crippen LogP contribution in [0.5, 0.6) is 0 Å². The van der Waals surface area contributed by atoms with Gasteiger partial charge in [-0.2, -0.15) is 17.2 Å². The molecule has 0 aromatic carbocycles. The molecule has 11 aliphatic rings. The molecule has 0 aliphatic heterocycles. The summed E-state index contributed by atoms with van der Waals surface area (Å²) in [6, 6.07) is 0. The van der Waals surface area contributed by atoms with Gasteiger partial charge >= 0.3 is 27.3 Å². The molecule has 0 spiro atoms. The van der Waals surface area contributed by atoms with Crippen LogP contribution in [0, 0.1) is 64.1 Å². The Morgan fingerprint density at radius 2 is 1.32 bits per heavy atom. The molecule has 0 amide bonds. The fourth-order valence-corrected chi connectivity index (χ4v) is 12.8. The van der Waals surface area contributed by atoms with E-state index in [1.807, 2.05) is 0 Å². The largest absolute Gasteiger partial charge is 0.465 e. The molecule has 38 heavy (non-hydrogen) atoms. The summed E-state index contributed by atoms with van der Waals surface area (Å²) in [5, 5.41) is -5.00. The Morgan fingerprint density at radius 1 is 0.789 bits per heavy atom. The summed E-state index contributed by atoms with van der Waals surface area (Å²) in [6.45, 7) is -0.354. The molecule has 0 aromatic heterocycles. The van der Waals surface area contributed by atoms with Crippen molar-refractivity contribution in [2.75, 3.05) is 6.61 Å². The van der Waals surface area contributed by atoms with E-state index in [1.165, 1.54) is 19.3 Å². The molecule has 11 fully saturated rings. The molecule has 11 saturated carbocycles. The van der Waals surface area contributed by atoms with Crippen LogP contribution in [0.2, 0.25) is 0 Å². The molecule has 0 saturated heterocycles. The third kappa shape index (κ3) is 3.16. The highest BCUT2D eigenvalue weighted by Gasteiger charge is 2.70. The molecule has 2 atom stereocenters. The number of hydrogen-bond acceptors (Lipinski definition) is 6. The Labute approximate surface area is 221 Å². The van der Waals surface area contributed by atoms with Gasteiger partial charge in [0.05, 0.1) is 12.0 Å². The maximum Gasteiger partial charge on any atom is 0.465 e. The lowest BCUT2D eigenvalue weighted by molar-refractivity contribution is -0.255. The van der Waals surface area contributed by atoms with Crippen molar-refractivity contribution in [2.24, 2.45) is 64.1 Å². The predicted molar refractivity (Wildman–Crippen MR) is 128 cm³/mol. The third-order valence-electron chi connectivity index (χ3n) is 12.9. The van der Waals surface area contributed by atoms with Crippen LogP contribution in [0.25, 0.3) is 0 Å². The van der Waals surface area contributed by atoms with Gasteiger partial charge in [0.2, 0.25) is 0 Å². The van der Waals surface area contributed by atoms with Crippen LogP contribution in [0.15, 0.2) is 0 Å². The monoisotopic (exact) mass is 554 g/mol. The second-order valence-corrected chi connectivity index (χ2v) is 16.5. The van der Waals surface area contributed by atoms with E-state index in [0.717, 1.165) is 62.2 Å². The maximum absolute atomic E-state index is 14.1. The van der Waals surface area contributed by atoms with Crippen LogP contribution < -0.4 is 0 Å². The molecule has 210 valence electrons. The second-order valence-electron chi connectivity index (χ2n) is 15.1. The number of hydrogen-bond donors (Lipinski definition) is 1. The minimum Gasteiger partial charge on any atom is -0.460 e. The van der Waals surface area contributed by atoms with Gasteiger partial charge in [0.1, 0.15) is 5.60 Å². The summed E-state index contributed by atoms with van der Waals surface area (Å²) in [7, 11) is -5.91. The molecule has 0 heterocycles. The highest BCUT2D eigenvalue weighted by atomic mass is 32.2. The average molecular weight is 555 g/mol. The predicted octanol–water partition coefficient (Wildman–Crippen LogP) is 4.60. The van der Waals surface area contributed by atoms with Gasteiger partial charge in [-0.25, -0.2) is 4.79 Å². The van der Waals surface area contributed by atoms with E-state index in [4.69, 9.17) is 14.0 Å². The van der Waals surface area contributed by atoms with Crippen molar-refractivity contribution >= 4 is 22.1 Å². The van der Waals surface area contributed by atoms with E-state index in [1.54, 1.807) is 0 Å². The number of carbonyl (C=O) groups is 2. The molecule has 11 rings (SSSR count). The lowest BCUT2D eigenvalue weighted by Gasteiger charge is -2.72. The summed E-state index contributed by atoms with van der Waals surface area (Å²) < 4.78 is 69.8. The van der Waals surface area contributed by atoms with E-state index < -0.39 is 32.4 Å². The van der Waals surface area contributed by atoms with E-state index in [-0.39, 0.29) is 29.8 Å². The van der Waals surface area contributed by atoms with Crippen LogP contribution in [0.4, 0.5) is 8.78 Å². The van der Waals surface area contributed by atoms with Crippen molar-refractivity contribution in [3.63, 3.8) is 0 Å². The summed E-state index contributed by atoms with van der Waals surface area (Å²) >= 11 is 0. The third-order valence-corrected chi connectivity index (χ3v) is 13.8. The van der Waals surface area contributed by atoms with Gasteiger partial charge in [-0.15, -0.1) is 0 Å². The van der Waals surface area contributed by atoms with Crippen molar-refractivity contribution in [1.82, 2.24) is 0 Å². The molecular formula is C28H36F2O7S.